The number of pyridine rings is 1. The monoisotopic (exact) mass is 367 g/mol. The van der Waals surface area contributed by atoms with Gasteiger partial charge in [-0.15, -0.1) is 0 Å². The first-order valence-corrected chi connectivity index (χ1v) is 9.54. The molecule has 2 aromatic heterocycles. The van der Waals surface area contributed by atoms with E-state index in [1.165, 1.54) is 19.0 Å². The minimum Gasteiger partial charge on any atom is -0.341 e. The molecule has 3 heterocycles. The third kappa shape index (κ3) is 3.59. The van der Waals surface area contributed by atoms with E-state index in [0.29, 0.717) is 16.8 Å². The molecule has 1 saturated heterocycles. The van der Waals surface area contributed by atoms with Crippen molar-refractivity contribution in [2.45, 2.75) is 45.6 Å². The van der Waals surface area contributed by atoms with Crippen molar-refractivity contribution in [1.29, 1.82) is 0 Å². The fourth-order valence-corrected chi connectivity index (χ4v) is 3.75. The standard InChI is InChI=1S/C20H25N5O2/c1-14-5-10-22-25(14)17-4-3-16(13-21-17)18(26)23-15(2)19(27)24-11-8-20(6-7-20)9-12-24/h3-5,10,13,15H,6-9,11-12H2,1-2H3,(H,23,26)/t15-/m0/s1. The van der Waals surface area contributed by atoms with Gasteiger partial charge in [0.2, 0.25) is 5.91 Å². The number of amides is 2. The first-order valence-electron chi connectivity index (χ1n) is 9.54. The highest BCUT2D eigenvalue weighted by Crippen LogP contribution is 2.53. The van der Waals surface area contributed by atoms with E-state index in [1.54, 1.807) is 29.9 Å². The molecule has 2 amide bonds. The highest BCUT2D eigenvalue weighted by atomic mass is 16.2. The highest BCUT2D eigenvalue weighted by molar-refractivity contribution is 5.97. The number of aromatic nitrogens is 3. The maximum absolute atomic E-state index is 12.6. The molecule has 1 spiro atoms. The summed E-state index contributed by atoms with van der Waals surface area (Å²) in [6.45, 7) is 5.29. The van der Waals surface area contributed by atoms with Gasteiger partial charge < -0.3 is 10.2 Å². The average Bonchev–Trinajstić information content (AvgIpc) is 3.29. The molecule has 27 heavy (non-hydrogen) atoms. The van der Waals surface area contributed by atoms with Gasteiger partial charge >= 0.3 is 0 Å². The van der Waals surface area contributed by atoms with Crippen molar-refractivity contribution < 1.29 is 9.59 Å². The zero-order valence-corrected chi connectivity index (χ0v) is 15.8. The quantitative estimate of drug-likeness (QED) is 0.897. The number of likely N-dealkylation sites (tertiary alicyclic amines) is 1. The zero-order chi connectivity index (χ0) is 19.0. The molecule has 0 bridgehead atoms. The SMILES string of the molecule is Cc1ccnn1-c1ccc(C(=O)N[C@@H](C)C(=O)N2CCC3(CC2)CC3)cn1. The Hall–Kier alpha value is -2.70. The average molecular weight is 367 g/mol. The number of hydrogen-bond donors (Lipinski definition) is 1. The van der Waals surface area contributed by atoms with Gasteiger partial charge in [-0.1, -0.05) is 0 Å². The Labute approximate surface area is 158 Å². The maximum Gasteiger partial charge on any atom is 0.253 e. The molecule has 1 N–H and O–H groups in total. The van der Waals surface area contributed by atoms with Crippen LogP contribution in [0.15, 0.2) is 30.6 Å². The largest absolute Gasteiger partial charge is 0.341 e. The Morgan fingerprint density at radius 2 is 1.89 bits per heavy atom. The normalized spacial score (nSPS) is 19.0. The van der Waals surface area contributed by atoms with E-state index < -0.39 is 6.04 Å². The Morgan fingerprint density at radius 1 is 1.15 bits per heavy atom. The van der Waals surface area contributed by atoms with E-state index in [2.05, 4.69) is 15.4 Å². The van der Waals surface area contributed by atoms with Crippen molar-refractivity contribution in [3.63, 3.8) is 0 Å². The molecule has 2 aromatic rings. The van der Waals surface area contributed by atoms with Gasteiger partial charge in [-0.2, -0.15) is 5.10 Å². The number of rotatable bonds is 4. The number of nitrogens with one attached hydrogen (secondary N) is 1. The van der Waals surface area contributed by atoms with Crippen molar-refractivity contribution in [2.24, 2.45) is 5.41 Å². The van der Waals surface area contributed by atoms with Gasteiger partial charge in [-0.05, 0) is 63.1 Å². The molecule has 4 rings (SSSR count). The van der Waals surface area contributed by atoms with Crippen LogP contribution in [0.5, 0.6) is 0 Å². The first-order chi connectivity index (χ1) is 13.0. The molecule has 1 saturated carbocycles. The maximum atomic E-state index is 12.6. The number of aryl methyl sites for hydroxylation is 1. The Bertz CT molecular complexity index is 844. The molecular weight excluding hydrogens is 342 g/mol. The molecule has 2 fully saturated rings. The lowest BCUT2D eigenvalue weighted by atomic mass is 9.93. The van der Waals surface area contributed by atoms with Crippen molar-refractivity contribution >= 4 is 11.8 Å². The van der Waals surface area contributed by atoms with Crippen LogP contribution in [0.2, 0.25) is 0 Å². The van der Waals surface area contributed by atoms with Crippen LogP contribution >= 0.6 is 0 Å². The summed E-state index contributed by atoms with van der Waals surface area (Å²) in [6, 6.07) is 4.80. The first kappa shape index (κ1) is 17.7. The van der Waals surface area contributed by atoms with Gasteiger partial charge in [-0.25, -0.2) is 9.67 Å². The van der Waals surface area contributed by atoms with Gasteiger partial charge in [0.1, 0.15) is 6.04 Å². The molecule has 1 aliphatic heterocycles. The number of piperidine rings is 1. The van der Waals surface area contributed by atoms with Crippen LogP contribution in [-0.4, -0.2) is 50.6 Å². The summed E-state index contributed by atoms with van der Waals surface area (Å²) in [6.07, 6.45) is 8.03. The topological polar surface area (TPSA) is 80.1 Å². The van der Waals surface area contributed by atoms with E-state index in [1.807, 2.05) is 17.9 Å². The fourth-order valence-electron chi connectivity index (χ4n) is 3.75. The molecule has 0 unspecified atom stereocenters. The summed E-state index contributed by atoms with van der Waals surface area (Å²) in [5.74, 6) is 0.360. The van der Waals surface area contributed by atoms with E-state index in [0.717, 1.165) is 31.6 Å². The smallest absolute Gasteiger partial charge is 0.253 e. The van der Waals surface area contributed by atoms with Crippen molar-refractivity contribution in [3.05, 3.63) is 41.9 Å². The molecule has 7 nitrogen and oxygen atoms in total. The Kier molecular flexibility index (Phi) is 4.45. The van der Waals surface area contributed by atoms with Gasteiger partial charge in [0, 0.05) is 31.2 Å². The second kappa shape index (κ2) is 6.79. The lowest BCUT2D eigenvalue weighted by Gasteiger charge is -2.33. The van der Waals surface area contributed by atoms with Gasteiger partial charge in [-0.3, -0.25) is 9.59 Å². The van der Waals surface area contributed by atoms with Crippen LogP contribution in [0.4, 0.5) is 0 Å². The van der Waals surface area contributed by atoms with Gasteiger partial charge in [0.05, 0.1) is 5.56 Å². The fraction of sp³-hybridized carbons (Fsp3) is 0.500. The van der Waals surface area contributed by atoms with Crippen LogP contribution in [-0.2, 0) is 4.79 Å². The summed E-state index contributed by atoms with van der Waals surface area (Å²) in [5.41, 5.74) is 1.93. The third-order valence-electron chi connectivity index (χ3n) is 5.87. The number of carbonyl (C=O) groups is 2. The zero-order valence-electron chi connectivity index (χ0n) is 15.8. The molecule has 1 aliphatic carbocycles. The summed E-state index contributed by atoms with van der Waals surface area (Å²) in [5, 5.41) is 7.00. The van der Waals surface area contributed by atoms with E-state index in [-0.39, 0.29) is 11.8 Å². The van der Waals surface area contributed by atoms with Crippen LogP contribution in [0, 0.1) is 12.3 Å². The van der Waals surface area contributed by atoms with Crippen LogP contribution in [0.25, 0.3) is 5.82 Å². The Morgan fingerprint density at radius 3 is 2.44 bits per heavy atom. The second-order valence-corrected chi connectivity index (χ2v) is 7.81. The third-order valence-corrected chi connectivity index (χ3v) is 5.87. The summed E-state index contributed by atoms with van der Waals surface area (Å²) < 4.78 is 1.71. The minimum absolute atomic E-state index is 0.00408. The summed E-state index contributed by atoms with van der Waals surface area (Å²) in [4.78, 5) is 31.3. The lowest BCUT2D eigenvalue weighted by Crippen LogP contribution is -2.49. The predicted octanol–water partition coefficient (Wildman–Crippen LogP) is 2.10. The van der Waals surface area contributed by atoms with E-state index >= 15 is 0 Å². The molecule has 0 aromatic carbocycles. The van der Waals surface area contributed by atoms with E-state index in [9.17, 15) is 9.59 Å². The van der Waals surface area contributed by atoms with E-state index in [4.69, 9.17) is 0 Å². The van der Waals surface area contributed by atoms with Crippen LogP contribution in [0.1, 0.15) is 48.7 Å². The van der Waals surface area contributed by atoms with Crippen molar-refractivity contribution in [3.8, 4) is 5.82 Å². The predicted molar refractivity (Wildman–Crippen MR) is 101 cm³/mol. The summed E-state index contributed by atoms with van der Waals surface area (Å²) >= 11 is 0. The molecule has 7 heteroatoms. The van der Waals surface area contributed by atoms with Crippen molar-refractivity contribution in [2.75, 3.05) is 13.1 Å². The minimum atomic E-state index is -0.543. The van der Waals surface area contributed by atoms with Crippen molar-refractivity contribution in [1.82, 2.24) is 25.0 Å². The number of carbonyl (C=O) groups excluding carboxylic acids is 2. The molecule has 2 aliphatic rings. The number of nitrogens with zero attached hydrogens (tertiary/aromatic N) is 4. The second-order valence-electron chi connectivity index (χ2n) is 7.81. The molecule has 1 atom stereocenters. The molecule has 0 radical (unpaired) electrons. The molecular formula is C20H25N5O2. The Balaban J connectivity index is 1.35. The number of hydrogen-bond acceptors (Lipinski definition) is 4. The van der Waals surface area contributed by atoms with Gasteiger partial charge in [0.15, 0.2) is 5.82 Å². The van der Waals surface area contributed by atoms with Crippen LogP contribution < -0.4 is 5.32 Å². The summed E-state index contributed by atoms with van der Waals surface area (Å²) in [7, 11) is 0. The van der Waals surface area contributed by atoms with Crippen LogP contribution in [0.3, 0.4) is 0 Å². The lowest BCUT2D eigenvalue weighted by molar-refractivity contribution is -0.134. The highest BCUT2D eigenvalue weighted by Gasteiger charge is 2.45. The molecule has 142 valence electrons. The van der Waals surface area contributed by atoms with Gasteiger partial charge in [0.25, 0.3) is 5.91 Å².